The number of nitrogens with zero attached hydrogens (tertiary/aromatic N) is 2. The molecule has 0 N–H and O–H groups in total. The van der Waals surface area contributed by atoms with Crippen molar-refractivity contribution in [1.29, 1.82) is 0 Å². The second kappa shape index (κ2) is 11.4. The van der Waals surface area contributed by atoms with Crippen LogP contribution >= 0.6 is 0 Å². The van der Waals surface area contributed by atoms with Crippen molar-refractivity contribution in [1.82, 2.24) is 9.21 Å². The summed E-state index contributed by atoms with van der Waals surface area (Å²) in [5, 5.41) is 0. The summed E-state index contributed by atoms with van der Waals surface area (Å²) in [6, 6.07) is 15.4. The first-order chi connectivity index (χ1) is 16.5. The largest absolute Gasteiger partial charge is 0.497 e. The van der Waals surface area contributed by atoms with Crippen molar-refractivity contribution in [3.63, 3.8) is 0 Å². The number of rotatable bonds is 8. The van der Waals surface area contributed by atoms with Crippen molar-refractivity contribution in [3.05, 3.63) is 59.7 Å². The fourth-order valence-electron chi connectivity index (χ4n) is 5.10. The summed E-state index contributed by atoms with van der Waals surface area (Å²) in [5.74, 6) is 1.02. The van der Waals surface area contributed by atoms with Crippen molar-refractivity contribution < 1.29 is 17.9 Å². The summed E-state index contributed by atoms with van der Waals surface area (Å²) in [4.78, 5) is 15.4. The van der Waals surface area contributed by atoms with Gasteiger partial charge in [-0.15, -0.1) is 0 Å². The molecule has 2 heterocycles. The molecule has 0 saturated carbocycles. The summed E-state index contributed by atoms with van der Waals surface area (Å²) < 4.78 is 32.9. The molecule has 2 aromatic rings. The minimum absolute atomic E-state index is 0.173. The Kier molecular flexibility index (Phi) is 8.27. The first-order valence-electron chi connectivity index (χ1n) is 12.5. The second-order valence-electron chi connectivity index (χ2n) is 9.40. The van der Waals surface area contributed by atoms with E-state index in [2.05, 4.69) is 6.07 Å². The monoisotopic (exact) mass is 484 g/mol. The van der Waals surface area contributed by atoms with Crippen LogP contribution in [0.15, 0.2) is 53.4 Å². The molecule has 0 aromatic heterocycles. The quantitative estimate of drug-likeness (QED) is 0.556. The van der Waals surface area contributed by atoms with Gasteiger partial charge in [-0.2, -0.15) is 4.31 Å². The van der Waals surface area contributed by atoms with Crippen molar-refractivity contribution >= 4 is 15.9 Å². The van der Waals surface area contributed by atoms with E-state index in [4.69, 9.17) is 4.74 Å². The zero-order chi connectivity index (χ0) is 24.0. The van der Waals surface area contributed by atoms with Crippen LogP contribution in [-0.4, -0.2) is 56.3 Å². The number of amides is 1. The van der Waals surface area contributed by atoms with Crippen LogP contribution < -0.4 is 4.74 Å². The molecule has 6 nitrogen and oxygen atoms in total. The predicted octanol–water partition coefficient (Wildman–Crippen LogP) is 4.43. The van der Waals surface area contributed by atoms with Gasteiger partial charge in [-0.3, -0.25) is 4.79 Å². The molecule has 184 valence electrons. The predicted molar refractivity (Wildman–Crippen MR) is 133 cm³/mol. The molecular weight excluding hydrogens is 448 g/mol. The molecule has 7 heteroatoms. The Morgan fingerprint density at radius 1 is 0.941 bits per heavy atom. The molecule has 2 fully saturated rings. The van der Waals surface area contributed by atoms with Crippen LogP contribution in [0.2, 0.25) is 0 Å². The molecule has 0 spiro atoms. The third kappa shape index (κ3) is 5.99. The standard InChI is InChI=1S/C27H36N2O4S/c1-33-25-10-6-8-23(21-25)20-24-9-7-19-29(24)27(30)16-13-22-11-14-26(15-12-22)34(31,32)28-17-4-2-3-5-18-28/h6,8,10-12,14-15,21,24H,2-5,7,9,13,16-20H2,1H3. The highest BCUT2D eigenvalue weighted by molar-refractivity contribution is 7.89. The molecule has 2 aliphatic rings. The molecule has 4 rings (SSSR count). The summed E-state index contributed by atoms with van der Waals surface area (Å²) in [5.41, 5.74) is 2.18. The fourth-order valence-corrected chi connectivity index (χ4v) is 6.62. The smallest absolute Gasteiger partial charge is 0.243 e. The first kappa shape index (κ1) is 24.7. The molecule has 2 aliphatic heterocycles. The number of methoxy groups -OCH3 is 1. The van der Waals surface area contributed by atoms with Gasteiger partial charge >= 0.3 is 0 Å². The molecule has 0 radical (unpaired) electrons. The lowest BCUT2D eigenvalue weighted by Crippen LogP contribution is -2.36. The van der Waals surface area contributed by atoms with Crippen molar-refractivity contribution in [2.75, 3.05) is 26.7 Å². The van der Waals surface area contributed by atoms with E-state index in [9.17, 15) is 13.2 Å². The van der Waals surface area contributed by atoms with Gasteiger partial charge in [0, 0.05) is 32.1 Å². The van der Waals surface area contributed by atoms with Crippen molar-refractivity contribution in [3.8, 4) is 5.75 Å². The number of ether oxygens (including phenoxy) is 1. The Hall–Kier alpha value is -2.38. The Bertz CT molecular complexity index is 1060. The number of aryl methyl sites for hydroxylation is 1. The van der Waals surface area contributed by atoms with E-state index in [1.807, 2.05) is 35.2 Å². The Balaban J connectivity index is 1.33. The van der Waals surface area contributed by atoms with Crippen LogP contribution in [0.4, 0.5) is 0 Å². The average molecular weight is 485 g/mol. The average Bonchev–Trinajstić information content (AvgIpc) is 3.13. The number of hydrogen-bond donors (Lipinski definition) is 0. The van der Waals surface area contributed by atoms with E-state index < -0.39 is 10.0 Å². The number of likely N-dealkylation sites (tertiary alicyclic amines) is 1. The van der Waals surface area contributed by atoms with Gasteiger partial charge in [0.05, 0.1) is 12.0 Å². The molecule has 1 atom stereocenters. The fraction of sp³-hybridized carbons (Fsp3) is 0.519. The van der Waals surface area contributed by atoms with Crippen LogP contribution in [-0.2, 0) is 27.7 Å². The highest BCUT2D eigenvalue weighted by atomic mass is 32.2. The Labute approximate surface area is 204 Å². The van der Waals surface area contributed by atoms with Gasteiger partial charge in [-0.05, 0) is 73.9 Å². The van der Waals surface area contributed by atoms with E-state index in [0.29, 0.717) is 30.8 Å². The third-order valence-electron chi connectivity index (χ3n) is 7.06. The van der Waals surface area contributed by atoms with E-state index in [1.54, 1.807) is 23.5 Å². The van der Waals surface area contributed by atoms with Crippen LogP contribution in [0.25, 0.3) is 0 Å². The first-order valence-corrected chi connectivity index (χ1v) is 13.9. The number of hydrogen-bond acceptors (Lipinski definition) is 4. The van der Waals surface area contributed by atoms with Crippen LogP contribution in [0.1, 0.15) is 56.1 Å². The summed E-state index contributed by atoms with van der Waals surface area (Å²) in [7, 11) is -1.77. The molecule has 0 aliphatic carbocycles. The minimum atomic E-state index is -3.44. The van der Waals surface area contributed by atoms with Gasteiger partial charge in [0.2, 0.25) is 15.9 Å². The van der Waals surface area contributed by atoms with Crippen LogP contribution in [0.5, 0.6) is 5.75 Å². The van der Waals surface area contributed by atoms with Crippen molar-refractivity contribution in [2.24, 2.45) is 0 Å². The highest BCUT2D eigenvalue weighted by Crippen LogP contribution is 2.25. The number of benzene rings is 2. The molecule has 1 unspecified atom stereocenters. The van der Waals surface area contributed by atoms with Gasteiger partial charge in [0.25, 0.3) is 0 Å². The molecule has 1 amide bonds. The molecule has 2 saturated heterocycles. The van der Waals surface area contributed by atoms with Gasteiger partial charge in [-0.25, -0.2) is 8.42 Å². The normalized spacial score (nSPS) is 19.7. The topological polar surface area (TPSA) is 66.9 Å². The maximum absolute atomic E-state index is 13.0. The minimum Gasteiger partial charge on any atom is -0.497 e. The van der Waals surface area contributed by atoms with Crippen molar-refractivity contribution in [2.45, 2.75) is 68.7 Å². The molecule has 0 bridgehead atoms. The van der Waals surface area contributed by atoms with E-state index in [0.717, 1.165) is 62.8 Å². The summed E-state index contributed by atoms with van der Waals surface area (Å²) >= 11 is 0. The van der Waals surface area contributed by atoms with Crippen LogP contribution in [0, 0.1) is 0 Å². The highest BCUT2D eigenvalue weighted by Gasteiger charge is 2.29. The summed E-state index contributed by atoms with van der Waals surface area (Å²) in [6.45, 7) is 2.01. The van der Waals surface area contributed by atoms with Gasteiger partial charge in [0.15, 0.2) is 0 Å². The maximum Gasteiger partial charge on any atom is 0.243 e. The van der Waals surface area contributed by atoms with Gasteiger partial charge in [-0.1, -0.05) is 37.1 Å². The van der Waals surface area contributed by atoms with Crippen LogP contribution in [0.3, 0.4) is 0 Å². The Morgan fingerprint density at radius 2 is 1.68 bits per heavy atom. The van der Waals surface area contributed by atoms with Gasteiger partial charge in [0.1, 0.15) is 5.75 Å². The lowest BCUT2D eigenvalue weighted by Gasteiger charge is -2.25. The zero-order valence-electron chi connectivity index (χ0n) is 20.1. The SMILES string of the molecule is COc1cccc(CC2CCCN2C(=O)CCc2ccc(S(=O)(=O)N3CCCCCC3)cc2)c1. The molecular formula is C27H36N2O4S. The third-order valence-corrected chi connectivity index (χ3v) is 8.97. The number of sulfonamides is 1. The molecule has 34 heavy (non-hydrogen) atoms. The second-order valence-corrected chi connectivity index (χ2v) is 11.3. The maximum atomic E-state index is 13.0. The van der Waals surface area contributed by atoms with E-state index in [-0.39, 0.29) is 11.9 Å². The zero-order valence-corrected chi connectivity index (χ0v) is 20.9. The van der Waals surface area contributed by atoms with Gasteiger partial charge < -0.3 is 9.64 Å². The molecule has 2 aromatic carbocycles. The Morgan fingerprint density at radius 3 is 2.38 bits per heavy atom. The number of carbonyl (C=O) groups excluding carboxylic acids is 1. The number of carbonyl (C=O) groups is 1. The van der Waals surface area contributed by atoms with E-state index >= 15 is 0 Å². The lowest BCUT2D eigenvalue weighted by molar-refractivity contribution is -0.131. The summed E-state index contributed by atoms with van der Waals surface area (Å²) in [6.07, 6.45) is 7.98. The van der Waals surface area contributed by atoms with E-state index in [1.165, 1.54) is 5.56 Å². The lowest BCUT2D eigenvalue weighted by atomic mass is 10.0.